The van der Waals surface area contributed by atoms with E-state index in [0.29, 0.717) is 11.7 Å². The lowest BCUT2D eigenvalue weighted by Crippen LogP contribution is -1.96. The number of aromatic nitrogens is 2. The van der Waals surface area contributed by atoms with Crippen LogP contribution in [0.3, 0.4) is 0 Å². The lowest BCUT2D eigenvalue weighted by atomic mass is 10.2. The molecule has 88 valence electrons. The molecule has 1 aromatic carbocycles. The normalized spacial score (nSPS) is 10.1. The maximum absolute atomic E-state index is 5.65. The van der Waals surface area contributed by atoms with E-state index in [1.165, 1.54) is 5.56 Å². The number of rotatable bonds is 3. The van der Waals surface area contributed by atoms with E-state index in [4.69, 9.17) is 4.74 Å². The molecule has 0 aliphatic carbocycles. The highest BCUT2D eigenvalue weighted by Gasteiger charge is 2.04. The first-order valence-electron chi connectivity index (χ1n) is 5.13. The quantitative estimate of drug-likeness (QED) is 0.942. The van der Waals surface area contributed by atoms with Gasteiger partial charge in [-0.2, -0.15) is 4.98 Å². The molecular formula is C12H12BrN3O. The van der Waals surface area contributed by atoms with Gasteiger partial charge in [-0.25, -0.2) is 0 Å². The molecule has 4 nitrogen and oxygen atoms in total. The zero-order valence-corrected chi connectivity index (χ0v) is 11.2. The fourth-order valence-corrected chi connectivity index (χ4v) is 1.89. The number of ether oxygens (including phenoxy) is 1. The molecule has 0 saturated carbocycles. The van der Waals surface area contributed by atoms with Crippen molar-refractivity contribution in [1.82, 2.24) is 9.97 Å². The third kappa shape index (κ3) is 2.94. The number of nitrogens with zero attached hydrogens (tertiary/aromatic N) is 2. The molecule has 2 rings (SSSR count). The first-order valence-corrected chi connectivity index (χ1v) is 5.92. The van der Waals surface area contributed by atoms with Gasteiger partial charge in [-0.15, -0.1) is 0 Å². The maximum atomic E-state index is 5.65. The Morgan fingerprint density at radius 2 is 2.12 bits per heavy atom. The summed E-state index contributed by atoms with van der Waals surface area (Å²) in [5.74, 6) is 1.85. The first-order chi connectivity index (χ1) is 8.19. The molecule has 0 bridgehead atoms. The van der Waals surface area contributed by atoms with Crippen molar-refractivity contribution >= 4 is 21.7 Å². The summed E-state index contributed by atoms with van der Waals surface area (Å²) in [7, 11) is 1.79. The second kappa shape index (κ2) is 5.14. The van der Waals surface area contributed by atoms with Crippen LogP contribution in [-0.4, -0.2) is 17.0 Å². The Labute approximate surface area is 108 Å². The van der Waals surface area contributed by atoms with Gasteiger partial charge < -0.3 is 10.1 Å². The molecule has 0 radical (unpaired) electrons. The van der Waals surface area contributed by atoms with Gasteiger partial charge in [0.2, 0.25) is 5.88 Å². The number of hydrogen-bond donors (Lipinski definition) is 1. The fourth-order valence-electron chi connectivity index (χ4n) is 1.32. The summed E-state index contributed by atoms with van der Waals surface area (Å²) < 4.78 is 6.54. The molecule has 0 spiro atoms. The highest BCUT2D eigenvalue weighted by atomic mass is 79.9. The SMILES string of the molecule is CNc1cncc(Oc2ccc(C)cc2Br)n1. The van der Waals surface area contributed by atoms with Gasteiger partial charge in [0.05, 0.1) is 16.9 Å². The van der Waals surface area contributed by atoms with E-state index in [9.17, 15) is 0 Å². The third-order valence-corrected chi connectivity index (χ3v) is 2.79. The van der Waals surface area contributed by atoms with E-state index in [-0.39, 0.29) is 0 Å². The maximum Gasteiger partial charge on any atom is 0.239 e. The molecule has 1 aromatic heterocycles. The Kier molecular flexibility index (Phi) is 3.58. The molecule has 2 aromatic rings. The highest BCUT2D eigenvalue weighted by molar-refractivity contribution is 9.10. The van der Waals surface area contributed by atoms with Crippen LogP contribution >= 0.6 is 15.9 Å². The smallest absolute Gasteiger partial charge is 0.239 e. The molecule has 0 atom stereocenters. The van der Waals surface area contributed by atoms with Crippen molar-refractivity contribution in [3.63, 3.8) is 0 Å². The number of benzene rings is 1. The van der Waals surface area contributed by atoms with Crippen LogP contribution in [0.1, 0.15) is 5.56 Å². The van der Waals surface area contributed by atoms with Crippen LogP contribution in [0, 0.1) is 6.92 Å². The van der Waals surface area contributed by atoms with E-state index in [2.05, 4.69) is 31.2 Å². The van der Waals surface area contributed by atoms with Gasteiger partial charge in [-0.1, -0.05) is 6.07 Å². The summed E-state index contributed by atoms with van der Waals surface area (Å²) in [6, 6.07) is 5.87. The van der Waals surface area contributed by atoms with Crippen molar-refractivity contribution in [3.05, 3.63) is 40.6 Å². The molecule has 0 aliphatic rings. The molecule has 0 saturated heterocycles. The zero-order valence-electron chi connectivity index (χ0n) is 9.57. The summed E-state index contributed by atoms with van der Waals surface area (Å²) in [5.41, 5.74) is 1.17. The van der Waals surface area contributed by atoms with Crippen molar-refractivity contribution in [3.8, 4) is 11.6 Å². The van der Waals surface area contributed by atoms with Gasteiger partial charge in [-0.3, -0.25) is 4.98 Å². The van der Waals surface area contributed by atoms with Crippen LogP contribution in [0.25, 0.3) is 0 Å². The average Bonchev–Trinajstić information content (AvgIpc) is 2.33. The van der Waals surface area contributed by atoms with E-state index in [1.54, 1.807) is 19.4 Å². The molecule has 17 heavy (non-hydrogen) atoms. The number of nitrogens with one attached hydrogen (secondary N) is 1. The Morgan fingerprint density at radius 1 is 1.29 bits per heavy atom. The summed E-state index contributed by atoms with van der Waals surface area (Å²) in [4.78, 5) is 8.27. The molecule has 0 aliphatic heterocycles. The van der Waals surface area contributed by atoms with Crippen molar-refractivity contribution < 1.29 is 4.74 Å². The summed E-state index contributed by atoms with van der Waals surface area (Å²) in [6.45, 7) is 2.02. The molecule has 1 N–H and O–H groups in total. The Balaban J connectivity index is 2.25. The van der Waals surface area contributed by atoms with Crippen LogP contribution in [0.4, 0.5) is 5.82 Å². The fraction of sp³-hybridized carbons (Fsp3) is 0.167. The van der Waals surface area contributed by atoms with Crippen molar-refractivity contribution in [2.24, 2.45) is 0 Å². The Hall–Kier alpha value is -1.62. The average molecular weight is 294 g/mol. The van der Waals surface area contributed by atoms with Crippen LogP contribution in [0.5, 0.6) is 11.6 Å². The molecule has 0 fully saturated rings. The molecule has 1 heterocycles. The minimum Gasteiger partial charge on any atom is -0.436 e. The van der Waals surface area contributed by atoms with E-state index >= 15 is 0 Å². The second-order valence-corrected chi connectivity index (χ2v) is 4.38. The van der Waals surface area contributed by atoms with Gasteiger partial charge in [0.15, 0.2) is 0 Å². The summed E-state index contributed by atoms with van der Waals surface area (Å²) >= 11 is 3.45. The van der Waals surface area contributed by atoms with E-state index in [1.807, 2.05) is 25.1 Å². The monoisotopic (exact) mass is 293 g/mol. The van der Waals surface area contributed by atoms with Gasteiger partial charge >= 0.3 is 0 Å². The lowest BCUT2D eigenvalue weighted by Gasteiger charge is -2.08. The molecular weight excluding hydrogens is 282 g/mol. The number of anilines is 1. The van der Waals surface area contributed by atoms with Crippen LogP contribution in [0.15, 0.2) is 35.1 Å². The van der Waals surface area contributed by atoms with Gasteiger partial charge in [0.25, 0.3) is 0 Å². The summed E-state index contributed by atoms with van der Waals surface area (Å²) in [5, 5.41) is 2.91. The number of aryl methyl sites for hydroxylation is 1. The van der Waals surface area contributed by atoms with E-state index in [0.717, 1.165) is 10.2 Å². The highest BCUT2D eigenvalue weighted by Crippen LogP contribution is 2.29. The van der Waals surface area contributed by atoms with Crippen molar-refractivity contribution in [2.75, 3.05) is 12.4 Å². The molecule has 0 amide bonds. The largest absolute Gasteiger partial charge is 0.436 e. The van der Waals surface area contributed by atoms with Gasteiger partial charge in [-0.05, 0) is 40.5 Å². The van der Waals surface area contributed by atoms with Crippen molar-refractivity contribution in [2.45, 2.75) is 6.92 Å². The molecule has 0 unspecified atom stereocenters. The predicted molar refractivity (Wildman–Crippen MR) is 70.5 cm³/mol. The van der Waals surface area contributed by atoms with E-state index < -0.39 is 0 Å². The van der Waals surface area contributed by atoms with Gasteiger partial charge in [0.1, 0.15) is 11.6 Å². The standard InChI is InChI=1S/C12H12BrN3O/c1-8-3-4-10(9(13)5-8)17-12-7-15-6-11(14-2)16-12/h3-7H,1-2H3,(H,14,16). The Bertz CT molecular complexity index is 531. The number of halogens is 1. The van der Waals surface area contributed by atoms with Crippen LogP contribution in [0.2, 0.25) is 0 Å². The minimum absolute atomic E-state index is 0.460. The predicted octanol–water partition coefficient (Wildman–Crippen LogP) is 3.38. The molecule has 5 heteroatoms. The van der Waals surface area contributed by atoms with Crippen LogP contribution in [-0.2, 0) is 0 Å². The van der Waals surface area contributed by atoms with Gasteiger partial charge in [0, 0.05) is 7.05 Å². The Morgan fingerprint density at radius 3 is 2.82 bits per heavy atom. The second-order valence-electron chi connectivity index (χ2n) is 3.53. The lowest BCUT2D eigenvalue weighted by molar-refractivity contribution is 0.458. The number of hydrogen-bond acceptors (Lipinski definition) is 4. The topological polar surface area (TPSA) is 47.0 Å². The minimum atomic E-state index is 0.460. The zero-order chi connectivity index (χ0) is 12.3. The van der Waals surface area contributed by atoms with Crippen LogP contribution < -0.4 is 10.1 Å². The first kappa shape index (κ1) is 11.9. The summed E-state index contributed by atoms with van der Waals surface area (Å²) in [6.07, 6.45) is 3.21. The van der Waals surface area contributed by atoms with Crippen molar-refractivity contribution in [1.29, 1.82) is 0 Å². The third-order valence-electron chi connectivity index (χ3n) is 2.17.